The smallest absolute Gasteiger partial charge is 0.165 e. The molecule has 0 saturated heterocycles. The minimum atomic E-state index is 0.196. The standard InChI is InChI=1S/C24H23NO2S/c1-17-24(23(26)13-12-18-7-5-8-19(15-18)27-2)21-10-3-4-11-22(21)25(17)16-20-9-6-14-28-20/h3-11,14-15H,12-13,16H2,1-2H3. The van der Waals surface area contributed by atoms with Crippen LogP contribution in [-0.4, -0.2) is 17.5 Å². The second-order valence-electron chi connectivity index (χ2n) is 6.92. The molecule has 2 aromatic carbocycles. The molecule has 0 aliphatic rings. The lowest BCUT2D eigenvalue weighted by Crippen LogP contribution is -2.05. The third-order valence-electron chi connectivity index (χ3n) is 5.18. The molecule has 0 bridgehead atoms. The van der Waals surface area contributed by atoms with Gasteiger partial charge >= 0.3 is 0 Å². The van der Waals surface area contributed by atoms with Gasteiger partial charge in [0.1, 0.15) is 5.75 Å². The van der Waals surface area contributed by atoms with Crippen LogP contribution in [0.1, 0.15) is 32.9 Å². The first-order valence-corrected chi connectivity index (χ1v) is 10.3. The molecule has 0 N–H and O–H groups in total. The summed E-state index contributed by atoms with van der Waals surface area (Å²) >= 11 is 1.75. The number of aromatic nitrogens is 1. The van der Waals surface area contributed by atoms with E-state index in [1.165, 1.54) is 4.88 Å². The number of carbonyl (C=O) groups excluding carboxylic acids is 1. The molecule has 0 aliphatic heterocycles. The zero-order valence-corrected chi connectivity index (χ0v) is 17.0. The Morgan fingerprint density at radius 1 is 1.07 bits per heavy atom. The third kappa shape index (κ3) is 3.60. The Morgan fingerprint density at radius 3 is 2.71 bits per heavy atom. The van der Waals surface area contributed by atoms with Gasteiger partial charge in [-0.25, -0.2) is 0 Å². The molecule has 0 amide bonds. The molecular weight excluding hydrogens is 366 g/mol. The molecule has 3 nitrogen and oxygen atoms in total. The summed E-state index contributed by atoms with van der Waals surface area (Å²) in [5, 5.41) is 3.14. The summed E-state index contributed by atoms with van der Waals surface area (Å²) in [7, 11) is 1.66. The number of rotatable bonds is 7. The molecule has 0 spiro atoms. The number of thiophene rings is 1. The van der Waals surface area contributed by atoms with Crippen LogP contribution in [0.3, 0.4) is 0 Å². The number of hydrogen-bond acceptors (Lipinski definition) is 3. The summed E-state index contributed by atoms with van der Waals surface area (Å²) in [4.78, 5) is 14.5. The van der Waals surface area contributed by atoms with Gasteiger partial charge in [-0.15, -0.1) is 11.3 Å². The van der Waals surface area contributed by atoms with Crippen molar-refractivity contribution < 1.29 is 9.53 Å². The van der Waals surface area contributed by atoms with Crippen LogP contribution in [0.4, 0.5) is 0 Å². The highest BCUT2D eigenvalue weighted by molar-refractivity contribution is 7.09. The van der Waals surface area contributed by atoms with E-state index in [4.69, 9.17) is 4.74 Å². The largest absolute Gasteiger partial charge is 0.497 e. The van der Waals surface area contributed by atoms with Gasteiger partial charge in [0, 0.05) is 33.5 Å². The van der Waals surface area contributed by atoms with Crippen LogP contribution in [0.2, 0.25) is 0 Å². The number of carbonyl (C=O) groups is 1. The zero-order valence-electron chi connectivity index (χ0n) is 16.1. The number of methoxy groups -OCH3 is 1. The van der Waals surface area contributed by atoms with Gasteiger partial charge in [0.15, 0.2) is 5.78 Å². The molecular formula is C24H23NO2S. The van der Waals surface area contributed by atoms with Crippen molar-refractivity contribution in [3.05, 3.63) is 87.7 Å². The third-order valence-corrected chi connectivity index (χ3v) is 6.04. The van der Waals surface area contributed by atoms with Gasteiger partial charge in [0.2, 0.25) is 0 Å². The molecule has 28 heavy (non-hydrogen) atoms. The van der Waals surface area contributed by atoms with E-state index in [1.54, 1.807) is 18.4 Å². The Hall–Kier alpha value is -2.85. The second-order valence-corrected chi connectivity index (χ2v) is 7.95. The Bertz CT molecular complexity index is 1110. The van der Waals surface area contributed by atoms with Crippen molar-refractivity contribution in [1.82, 2.24) is 4.57 Å². The average molecular weight is 390 g/mol. The lowest BCUT2D eigenvalue weighted by Gasteiger charge is -2.07. The zero-order chi connectivity index (χ0) is 19.5. The predicted octanol–water partition coefficient (Wildman–Crippen LogP) is 5.88. The fourth-order valence-electron chi connectivity index (χ4n) is 3.76. The summed E-state index contributed by atoms with van der Waals surface area (Å²) in [6.45, 7) is 2.86. The van der Waals surface area contributed by atoms with Crippen LogP contribution in [-0.2, 0) is 13.0 Å². The highest BCUT2D eigenvalue weighted by Crippen LogP contribution is 2.29. The fourth-order valence-corrected chi connectivity index (χ4v) is 4.45. The number of benzene rings is 2. The van der Waals surface area contributed by atoms with Gasteiger partial charge in [0.05, 0.1) is 13.7 Å². The molecule has 0 saturated carbocycles. The highest BCUT2D eigenvalue weighted by Gasteiger charge is 2.19. The minimum Gasteiger partial charge on any atom is -0.497 e. The summed E-state index contributed by atoms with van der Waals surface area (Å²) in [5.74, 6) is 1.02. The second kappa shape index (κ2) is 8.03. The predicted molar refractivity (Wildman–Crippen MR) is 116 cm³/mol. The van der Waals surface area contributed by atoms with Gasteiger partial charge in [-0.1, -0.05) is 36.4 Å². The maximum atomic E-state index is 13.2. The number of para-hydroxylation sites is 1. The molecule has 0 fully saturated rings. The van der Waals surface area contributed by atoms with E-state index in [2.05, 4.69) is 41.1 Å². The monoisotopic (exact) mass is 389 g/mol. The van der Waals surface area contributed by atoms with Crippen LogP contribution in [0.25, 0.3) is 10.9 Å². The van der Waals surface area contributed by atoms with Crippen LogP contribution >= 0.6 is 11.3 Å². The van der Waals surface area contributed by atoms with E-state index < -0.39 is 0 Å². The van der Waals surface area contributed by atoms with E-state index in [-0.39, 0.29) is 5.78 Å². The van der Waals surface area contributed by atoms with Crippen molar-refractivity contribution in [2.75, 3.05) is 7.11 Å². The Balaban J connectivity index is 1.64. The Morgan fingerprint density at radius 2 is 1.93 bits per heavy atom. The molecule has 4 heteroatoms. The topological polar surface area (TPSA) is 31.2 Å². The van der Waals surface area contributed by atoms with Crippen molar-refractivity contribution in [3.8, 4) is 5.75 Å². The van der Waals surface area contributed by atoms with Crippen molar-refractivity contribution >= 4 is 28.0 Å². The maximum absolute atomic E-state index is 13.2. The number of hydrogen-bond donors (Lipinski definition) is 0. The summed E-state index contributed by atoms with van der Waals surface area (Å²) < 4.78 is 7.55. The number of fused-ring (bicyclic) bond motifs is 1. The number of aryl methyl sites for hydroxylation is 1. The molecule has 2 heterocycles. The van der Waals surface area contributed by atoms with Crippen LogP contribution < -0.4 is 4.74 Å². The first-order valence-electron chi connectivity index (χ1n) is 9.43. The van der Waals surface area contributed by atoms with E-state index >= 15 is 0 Å². The van der Waals surface area contributed by atoms with Gasteiger partial charge in [0.25, 0.3) is 0 Å². The maximum Gasteiger partial charge on any atom is 0.165 e. The number of nitrogens with zero attached hydrogens (tertiary/aromatic N) is 1. The summed E-state index contributed by atoms with van der Waals surface area (Å²) in [5.41, 5.74) is 4.14. The molecule has 0 aliphatic carbocycles. The van der Waals surface area contributed by atoms with Crippen molar-refractivity contribution in [2.24, 2.45) is 0 Å². The Labute approximate surface area is 169 Å². The molecule has 4 aromatic rings. The van der Waals surface area contributed by atoms with Gasteiger partial charge in [-0.05, 0) is 48.6 Å². The Kier molecular flexibility index (Phi) is 5.31. The van der Waals surface area contributed by atoms with Gasteiger partial charge < -0.3 is 9.30 Å². The molecule has 142 valence electrons. The average Bonchev–Trinajstić information content (AvgIpc) is 3.33. The molecule has 0 radical (unpaired) electrons. The normalized spacial score (nSPS) is 11.1. The molecule has 0 atom stereocenters. The van der Waals surface area contributed by atoms with E-state index in [0.29, 0.717) is 12.8 Å². The SMILES string of the molecule is COc1cccc(CCC(=O)c2c(C)n(Cc3cccs3)c3ccccc23)c1. The number of ether oxygens (including phenoxy) is 1. The summed E-state index contributed by atoms with van der Waals surface area (Å²) in [6, 6.07) is 20.4. The summed E-state index contributed by atoms with van der Waals surface area (Å²) in [6.07, 6.45) is 1.20. The van der Waals surface area contributed by atoms with Crippen LogP contribution in [0.15, 0.2) is 66.0 Å². The van der Waals surface area contributed by atoms with Gasteiger partial charge in [-0.2, -0.15) is 0 Å². The van der Waals surface area contributed by atoms with Crippen LogP contribution in [0, 0.1) is 6.92 Å². The quantitative estimate of drug-likeness (QED) is 0.369. The number of Topliss-reactive ketones (excluding diaryl/α,β-unsaturated/α-hetero) is 1. The lowest BCUT2D eigenvalue weighted by atomic mass is 10.0. The van der Waals surface area contributed by atoms with E-state index in [9.17, 15) is 4.79 Å². The van der Waals surface area contributed by atoms with E-state index in [1.807, 2.05) is 36.4 Å². The highest BCUT2D eigenvalue weighted by atomic mass is 32.1. The fraction of sp³-hybridized carbons (Fsp3) is 0.208. The number of ketones is 1. The first-order chi connectivity index (χ1) is 13.7. The minimum absolute atomic E-state index is 0.196. The van der Waals surface area contributed by atoms with Gasteiger partial charge in [-0.3, -0.25) is 4.79 Å². The van der Waals surface area contributed by atoms with Crippen LogP contribution in [0.5, 0.6) is 5.75 Å². The molecule has 4 rings (SSSR count). The van der Waals surface area contributed by atoms with Crippen molar-refractivity contribution in [2.45, 2.75) is 26.3 Å². The molecule has 0 unspecified atom stereocenters. The van der Waals surface area contributed by atoms with Crippen molar-refractivity contribution in [3.63, 3.8) is 0 Å². The first kappa shape index (κ1) is 18.5. The molecule has 2 aromatic heterocycles. The lowest BCUT2D eigenvalue weighted by molar-refractivity contribution is 0.0983. The van der Waals surface area contributed by atoms with Crippen molar-refractivity contribution in [1.29, 1.82) is 0 Å². The van der Waals surface area contributed by atoms with E-state index in [0.717, 1.165) is 40.0 Å².